The normalized spacial score (nSPS) is 22.8. The van der Waals surface area contributed by atoms with Gasteiger partial charge in [0.25, 0.3) is 0 Å². The predicted octanol–water partition coefficient (Wildman–Crippen LogP) is 3.38. The highest BCUT2D eigenvalue weighted by atomic mass is 16.5. The molecule has 2 heteroatoms. The van der Waals surface area contributed by atoms with Crippen LogP contribution in [0.3, 0.4) is 0 Å². The Labute approximate surface area is 106 Å². The van der Waals surface area contributed by atoms with Crippen molar-refractivity contribution in [2.45, 2.75) is 26.7 Å². The van der Waals surface area contributed by atoms with Crippen molar-refractivity contribution >= 4 is 0 Å². The molecule has 2 rings (SSSR count). The van der Waals surface area contributed by atoms with E-state index < -0.39 is 0 Å². The molecule has 17 heavy (non-hydrogen) atoms. The van der Waals surface area contributed by atoms with Crippen LogP contribution in [0, 0.1) is 5.41 Å². The molecule has 0 aliphatic carbocycles. The Kier molecular flexibility index (Phi) is 5.01. The van der Waals surface area contributed by atoms with Gasteiger partial charge in [0.2, 0.25) is 0 Å². The molecule has 0 N–H and O–H groups in total. The molecule has 0 aromatic rings. The van der Waals surface area contributed by atoms with Gasteiger partial charge in [-0.1, -0.05) is 18.7 Å². The average molecular weight is 235 g/mol. The van der Waals surface area contributed by atoms with Crippen molar-refractivity contribution in [2.75, 3.05) is 26.7 Å². The first-order valence-corrected chi connectivity index (χ1v) is 6.32. The Morgan fingerprint density at radius 1 is 1.29 bits per heavy atom. The summed E-state index contributed by atoms with van der Waals surface area (Å²) in [6.07, 6.45) is 6.16. The van der Waals surface area contributed by atoms with E-state index >= 15 is 0 Å². The Morgan fingerprint density at radius 2 is 1.82 bits per heavy atom. The topological polar surface area (TPSA) is 12.5 Å². The fourth-order valence-electron chi connectivity index (χ4n) is 2.60. The van der Waals surface area contributed by atoms with Crippen molar-refractivity contribution in [3.05, 3.63) is 36.6 Å². The Balaban J connectivity index is 0.000000437. The van der Waals surface area contributed by atoms with Crippen LogP contribution in [-0.2, 0) is 4.74 Å². The molecule has 1 saturated heterocycles. The molecule has 0 bridgehead atoms. The summed E-state index contributed by atoms with van der Waals surface area (Å²) in [6.45, 7) is 14.4. The Hall–Kier alpha value is -1.02. The number of hydrogen-bond donors (Lipinski definition) is 0. The third kappa shape index (κ3) is 3.01. The zero-order chi connectivity index (χ0) is 12.9. The minimum atomic E-state index is 0.290. The van der Waals surface area contributed by atoms with Gasteiger partial charge in [-0.15, -0.1) is 6.58 Å². The van der Waals surface area contributed by atoms with Crippen molar-refractivity contribution in [1.82, 2.24) is 4.90 Å². The molecule has 2 heterocycles. The van der Waals surface area contributed by atoms with Crippen LogP contribution in [0.4, 0.5) is 0 Å². The van der Waals surface area contributed by atoms with Crippen molar-refractivity contribution in [3.63, 3.8) is 0 Å². The third-order valence-corrected chi connectivity index (χ3v) is 3.66. The van der Waals surface area contributed by atoms with Gasteiger partial charge in [0, 0.05) is 5.41 Å². The lowest BCUT2D eigenvalue weighted by Crippen LogP contribution is -2.39. The molecule has 0 atom stereocenters. The largest absolute Gasteiger partial charge is 0.497 e. The highest BCUT2D eigenvalue weighted by Crippen LogP contribution is 2.45. The van der Waals surface area contributed by atoms with E-state index in [9.17, 15) is 0 Å². The number of likely N-dealkylation sites (tertiary alicyclic amines) is 1. The summed E-state index contributed by atoms with van der Waals surface area (Å²) in [7, 11) is 2.19. The number of nitrogens with zero attached hydrogens (tertiary/aromatic N) is 1. The highest BCUT2D eigenvalue weighted by molar-refractivity contribution is 5.32. The van der Waals surface area contributed by atoms with E-state index in [1.54, 1.807) is 6.08 Å². The van der Waals surface area contributed by atoms with E-state index in [1.165, 1.54) is 31.5 Å². The molecular weight excluding hydrogens is 210 g/mol. The van der Waals surface area contributed by atoms with Crippen LogP contribution in [0.1, 0.15) is 26.7 Å². The average Bonchev–Trinajstić information content (AvgIpc) is 2.61. The van der Waals surface area contributed by atoms with Crippen LogP contribution in [0.15, 0.2) is 36.6 Å². The highest BCUT2D eigenvalue weighted by Gasteiger charge is 2.41. The molecule has 0 amide bonds. The van der Waals surface area contributed by atoms with Gasteiger partial charge in [0.15, 0.2) is 0 Å². The SMILES string of the molecule is C=CC.C=CC1=C(C)OCC12CCN(C)CC2. The zero-order valence-corrected chi connectivity index (χ0v) is 11.5. The smallest absolute Gasteiger partial charge is 0.0976 e. The van der Waals surface area contributed by atoms with Crippen molar-refractivity contribution in [2.24, 2.45) is 5.41 Å². The molecule has 0 saturated carbocycles. The summed E-state index contributed by atoms with van der Waals surface area (Å²) in [5.74, 6) is 1.09. The van der Waals surface area contributed by atoms with Gasteiger partial charge in [-0.05, 0) is 52.4 Å². The summed E-state index contributed by atoms with van der Waals surface area (Å²) in [5, 5.41) is 0. The first-order valence-electron chi connectivity index (χ1n) is 6.32. The fourth-order valence-corrected chi connectivity index (χ4v) is 2.60. The predicted molar refractivity (Wildman–Crippen MR) is 73.9 cm³/mol. The Bertz CT molecular complexity index is 309. The number of ether oxygens (including phenoxy) is 1. The van der Waals surface area contributed by atoms with Gasteiger partial charge in [0.1, 0.15) is 0 Å². The molecule has 0 aromatic carbocycles. The Morgan fingerprint density at radius 3 is 2.29 bits per heavy atom. The van der Waals surface area contributed by atoms with Crippen molar-refractivity contribution in [3.8, 4) is 0 Å². The summed E-state index contributed by atoms with van der Waals surface area (Å²) in [6, 6.07) is 0. The number of allylic oxidation sites excluding steroid dienone is 3. The maximum Gasteiger partial charge on any atom is 0.0976 e. The monoisotopic (exact) mass is 235 g/mol. The van der Waals surface area contributed by atoms with Crippen LogP contribution < -0.4 is 0 Å². The molecule has 2 aliphatic rings. The maximum absolute atomic E-state index is 5.67. The van der Waals surface area contributed by atoms with E-state index in [1.807, 2.05) is 13.0 Å². The second-order valence-corrected chi connectivity index (χ2v) is 4.95. The van der Waals surface area contributed by atoms with Crippen LogP contribution in [0.2, 0.25) is 0 Å². The molecule has 1 spiro atoms. The van der Waals surface area contributed by atoms with Gasteiger partial charge in [-0.3, -0.25) is 0 Å². The molecule has 0 radical (unpaired) electrons. The van der Waals surface area contributed by atoms with E-state index in [4.69, 9.17) is 4.74 Å². The summed E-state index contributed by atoms with van der Waals surface area (Å²) in [5.41, 5.74) is 1.64. The molecule has 96 valence electrons. The van der Waals surface area contributed by atoms with Gasteiger partial charge < -0.3 is 9.64 Å². The lowest BCUT2D eigenvalue weighted by Gasteiger charge is -2.37. The molecule has 0 aromatic heterocycles. The summed E-state index contributed by atoms with van der Waals surface area (Å²) in [4.78, 5) is 2.39. The van der Waals surface area contributed by atoms with Crippen LogP contribution in [0.25, 0.3) is 0 Å². The molecule has 2 nitrogen and oxygen atoms in total. The number of piperidine rings is 1. The molecule has 2 aliphatic heterocycles. The van der Waals surface area contributed by atoms with Gasteiger partial charge in [-0.2, -0.15) is 0 Å². The lowest BCUT2D eigenvalue weighted by atomic mass is 9.74. The molecule has 0 unspecified atom stereocenters. The van der Waals surface area contributed by atoms with E-state index in [-0.39, 0.29) is 0 Å². The van der Waals surface area contributed by atoms with Crippen LogP contribution in [-0.4, -0.2) is 31.6 Å². The first kappa shape index (κ1) is 14.0. The van der Waals surface area contributed by atoms with E-state index in [0.29, 0.717) is 5.41 Å². The standard InChI is InChI=1S/C12H19NO.C3H6/c1-4-11-10(2)14-9-12(11)5-7-13(3)8-6-12;1-3-2/h4H,1,5-9H2,2-3H3;3H,1H2,2H3. The summed E-state index contributed by atoms with van der Waals surface area (Å²) < 4.78 is 5.67. The molecule has 1 fully saturated rings. The number of rotatable bonds is 1. The van der Waals surface area contributed by atoms with Gasteiger partial charge in [0.05, 0.1) is 12.4 Å². The second kappa shape index (κ2) is 6.06. The van der Waals surface area contributed by atoms with Crippen molar-refractivity contribution in [1.29, 1.82) is 0 Å². The lowest BCUT2D eigenvalue weighted by molar-refractivity contribution is 0.0989. The third-order valence-electron chi connectivity index (χ3n) is 3.66. The fraction of sp³-hybridized carbons (Fsp3) is 0.600. The van der Waals surface area contributed by atoms with Crippen molar-refractivity contribution < 1.29 is 4.74 Å². The van der Waals surface area contributed by atoms with Gasteiger partial charge in [-0.25, -0.2) is 0 Å². The quantitative estimate of drug-likeness (QED) is 0.646. The number of hydrogen-bond acceptors (Lipinski definition) is 2. The van der Waals surface area contributed by atoms with E-state index in [2.05, 4.69) is 32.0 Å². The summed E-state index contributed by atoms with van der Waals surface area (Å²) >= 11 is 0. The van der Waals surface area contributed by atoms with Crippen LogP contribution in [0.5, 0.6) is 0 Å². The minimum absolute atomic E-state index is 0.290. The van der Waals surface area contributed by atoms with E-state index in [0.717, 1.165) is 12.4 Å². The first-order chi connectivity index (χ1) is 8.09. The zero-order valence-electron chi connectivity index (χ0n) is 11.5. The minimum Gasteiger partial charge on any atom is -0.497 e. The second-order valence-electron chi connectivity index (χ2n) is 4.95. The maximum atomic E-state index is 5.67. The molecular formula is C15H25NO. The van der Waals surface area contributed by atoms with Crippen LogP contribution >= 0.6 is 0 Å². The van der Waals surface area contributed by atoms with Gasteiger partial charge >= 0.3 is 0 Å².